The number of aromatic nitrogens is 3. The van der Waals surface area contributed by atoms with Crippen molar-refractivity contribution in [2.75, 3.05) is 13.1 Å². The van der Waals surface area contributed by atoms with Crippen LogP contribution in [-0.4, -0.2) is 60.7 Å². The highest BCUT2D eigenvalue weighted by molar-refractivity contribution is 5.94. The van der Waals surface area contributed by atoms with Gasteiger partial charge in [0.25, 0.3) is 5.91 Å². The molecule has 2 aliphatic heterocycles. The number of β-amino-alcohol motifs (C(OH)–C–C–N with tert-alkyl or cyclic N) is 1. The molecule has 2 aromatic heterocycles. The van der Waals surface area contributed by atoms with E-state index in [1.807, 2.05) is 18.4 Å². The van der Waals surface area contributed by atoms with E-state index in [2.05, 4.69) is 10.2 Å². The number of nitrogens with zero attached hydrogens (tertiary/aromatic N) is 5. The molecular weight excluding hydrogens is 350 g/mol. The van der Waals surface area contributed by atoms with E-state index < -0.39 is 6.10 Å². The molecule has 0 saturated carbocycles. The third kappa shape index (κ3) is 3.12. The molecule has 2 amide bonds. The first-order valence-electron chi connectivity index (χ1n) is 9.17. The van der Waals surface area contributed by atoms with E-state index in [0.29, 0.717) is 43.3 Å². The van der Waals surface area contributed by atoms with Crippen LogP contribution in [0.3, 0.4) is 0 Å². The van der Waals surface area contributed by atoms with E-state index in [4.69, 9.17) is 4.42 Å². The normalized spacial score (nSPS) is 22.4. The average Bonchev–Trinajstić information content (AvgIpc) is 3.38. The van der Waals surface area contributed by atoms with E-state index in [1.54, 1.807) is 15.9 Å². The van der Waals surface area contributed by atoms with Crippen molar-refractivity contribution < 1.29 is 19.1 Å². The molecule has 0 unspecified atom stereocenters. The highest BCUT2D eigenvalue weighted by atomic mass is 16.3. The van der Waals surface area contributed by atoms with E-state index in [0.717, 1.165) is 0 Å². The third-order valence-corrected chi connectivity index (χ3v) is 5.19. The van der Waals surface area contributed by atoms with Gasteiger partial charge in [0.05, 0.1) is 30.5 Å². The van der Waals surface area contributed by atoms with Gasteiger partial charge < -0.3 is 23.9 Å². The fourth-order valence-electron chi connectivity index (χ4n) is 3.81. The van der Waals surface area contributed by atoms with Crippen molar-refractivity contribution in [3.05, 3.63) is 35.8 Å². The van der Waals surface area contributed by atoms with Gasteiger partial charge in [0.2, 0.25) is 5.91 Å². The summed E-state index contributed by atoms with van der Waals surface area (Å²) in [6.07, 6.45) is 2.66. The summed E-state index contributed by atoms with van der Waals surface area (Å²) in [5.41, 5.74) is 0.446. The minimum absolute atomic E-state index is 0.0630. The molecule has 4 rings (SSSR count). The summed E-state index contributed by atoms with van der Waals surface area (Å²) in [5.74, 6) is 1.21. The number of amides is 2. The summed E-state index contributed by atoms with van der Waals surface area (Å²) < 4.78 is 6.99. The van der Waals surface area contributed by atoms with Crippen LogP contribution in [0.25, 0.3) is 0 Å². The van der Waals surface area contributed by atoms with Gasteiger partial charge in [-0.3, -0.25) is 9.59 Å². The quantitative estimate of drug-likeness (QED) is 0.854. The van der Waals surface area contributed by atoms with Gasteiger partial charge in [-0.05, 0) is 6.07 Å². The van der Waals surface area contributed by atoms with E-state index in [9.17, 15) is 14.7 Å². The molecule has 0 aliphatic carbocycles. The first kappa shape index (κ1) is 17.7. The van der Waals surface area contributed by atoms with Crippen LogP contribution >= 0.6 is 0 Å². The monoisotopic (exact) mass is 373 g/mol. The summed E-state index contributed by atoms with van der Waals surface area (Å²) in [5, 5.41) is 18.7. The zero-order valence-electron chi connectivity index (χ0n) is 15.4. The van der Waals surface area contributed by atoms with E-state index >= 15 is 0 Å². The standard InChI is InChI=1S/C18H23N5O4/c1-11(2)17(25)21-4-5-22-15(9-21)19-20-16(22)14-7-13(24)8-23(14)18(26)12-3-6-27-10-12/h3,6,10-11,13-14,24H,4-5,7-9H2,1-2H3/t13-,14-/m0/s1. The van der Waals surface area contributed by atoms with Gasteiger partial charge in [-0.2, -0.15) is 0 Å². The van der Waals surface area contributed by atoms with Crippen LogP contribution in [0, 0.1) is 5.92 Å². The van der Waals surface area contributed by atoms with Gasteiger partial charge in [0.15, 0.2) is 11.6 Å². The smallest absolute Gasteiger partial charge is 0.257 e. The van der Waals surface area contributed by atoms with Crippen LogP contribution in [0.4, 0.5) is 0 Å². The lowest BCUT2D eigenvalue weighted by Gasteiger charge is -2.30. The number of likely N-dealkylation sites (tertiary alicyclic amines) is 1. The first-order valence-corrected chi connectivity index (χ1v) is 9.17. The molecule has 2 atom stereocenters. The molecule has 0 radical (unpaired) electrons. The number of carbonyl (C=O) groups excluding carboxylic acids is 2. The summed E-state index contributed by atoms with van der Waals surface area (Å²) >= 11 is 0. The summed E-state index contributed by atoms with van der Waals surface area (Å²) in [4.78, 5) is 28.5. The Morgan fingerprint density at radius 1 is 1.30 bits per heavy atom. The van der Waals surface area contributed by atoms with Gasteiger partial charge in [-0.15, -0.1) is 10.2 Å². The number of hydrogen-bond acceptors (Lipinski definition) is 6. The Balaban J connectivity index is 1.59. The molecule has 9 heteroatoms. The maximum atomic E-state index is 12.8. The third-order valence-electron chi connectivity index (χ3n) is 5.19. The summed E-state index contributed by atoms with van der Waals surface area (Å²) in [7, 11) is 0. The van der Waals surface area contributed by atoms with Gasteiger partial charge in [-0.25, -0.2) is 0 Å². The van der Waals surface area contributed by atoms with E-state index in [-0.39, 0.29) is 30.3 Å². The fourth-order valence-corrected chi connectivity index (χ4v) is 3.81. The SMILES string of the molecule is CC(C)C(=O)N1CCn2c(nnc2[C@@H]2C[C@H](O)CN2C(=O)c2ccoc2)C1. The van der Waals surface area contributed by atoms with Crippen molar-refractivity contribution >= 4 is 11.8 Å². The maximum Gasteiger partial charge on any atom is 0.257 e. The van der Waals surface area contributed by atoms with Crippen LogP contribution in [0.1, 0.15) is 48.3 Å². The molecule has 2 aromatic rings. The molecule has 144 valence electrons. The Kier molecular flexibility index (Phi) is 4.47. The van der Waals surface area contributed by atoms with Crippen LogP contribution in [-0.2, 0) is 17.9 Å². The van der Waals surface area contributed by atoms with Crippen LogP contribution in [0.15, 0.2) is 23.0 Å². The second kappa shape index (κ2) is 6.80. The number of furan rings is 1. The molecule has 27 heavy (non-hydrogen) atoms. The maximum absolute atomic E-state index is 12.8. The first-order chi connectivity index (χ1) is 13.0. The molecular formula is C18H23N5O4. The predicted octanol–water partition coefficient (Wildman–Crippen LogP) is 0.817. The Morgan fingerprint density at radius 2 is 2.11 bits per heavy atom. The molecule has 0 bridgehead atoms. The lowest BCUT2D eigenvalue weighted by Crippen LogP contribution is -2.41. The number of aliphatic hydroxyl groups is 1. The number of hydrogen-bond donors (Lipinski definition) is 1. The molecule has 1 saturated heterocycles. The molecule has 1 fully saturated rings. The predicted molar refractivity (Wildman–Crippen MR) is 93.4 cm³/mol. The van der Waals surface area contributed by atoms with Gasteiger partial charge in [-0.1, -0.05) is 13.8 Å². The second-order valence-corrected chi connectivity index (χ2v) is 7.42. The highest BCUT2D eigenvalue weighted by Gasteiger charge is 2.40. The number of rotatable bonds is 3. The van der Waals surface area contributed by atoms with Crippen LogP contribution < -0.4 is 0 Å². The molecule has 0 aromatic carbocycles. The Labute approximate surface area is 156 Å². The highest BCUT2D eigenvalue weighted by Crippen LogP contribution is 2.33. The Morgan fingerprint density at radius 3 is 2.81 bits per heavy atom. The van der Waals surface area contributed by atoms with Crippen molar-refractivity contribution in [3.63, 3.8) is 0 Å². The molecule has 2 aliphatic rings. The molecule has 0 spiro atoms. The van der Waals surface area contributed by atoms with Crippen molar-refractivity contribution in [1.82, 2.24) is 24.6 Å². The lowest BCUT2D eigenvalue weighted by atomic mass is 10.1. The number of carbonyl (C=O) groups is 2. The topological polar surface area (TPSA) is 105 Å². The van der Waals surface area contributed by atoms with Crippen LogP contribution in [0.2, 0.25) is 0 Å². The van der Waals surface area contributed by atoms with Crippen molar-refractivity contribution in [1.29, 1.82) is 0 Å². The lowest BCUT2D eigenvalue weighted by molar-refractivity contribution is -0.136. The molecule has 4 heterocycles. The summed E-state index contributed by atoms with van der Waals surface area (Å²) in [6.45, 7) is 5.58. The zero-order valence-corrected chi connectivity index (χ0v) is 15.4. The zero-order chi connectivity index (χ0) is 19.1. The second-order valence-electron chi connectivity index (χ2n) is 7.42. The minimum Gasteiger partial charge on any atom is -0.472 e. The van der Waals surface area contributed by atoms with Crippen molar-refractivity contribution in [3.8, 4) is 0 Å². The van der Waals surface area contributed by atoms with Gasteiger partial charge in [0.1, 0.15) is 6.26 Å². The fraction of sp³-hybridized carbons (Fsp3) is 0.556. The van der Waals surface area contributed by atoms with Crippen LogP contribution in [0.5, 0.6) is 0 Å². The van der Waals surface area contributed by atoms with Crippen molar-refractivity contribution in [2.24, 2.45) is 5.92 Å². The molecule has 9 nitrogen and oxygen atoms in total. The van der Waals surface area contributed by atoms with Gasteiger partial charge >= 0.3 is 0 Å². The largest absolute Gasteiger partial charge is 0.472 e. The molecule has 1 N–H and O–H groups in total. The van der Waals surface area contributed by atoms with Crippen molar-refractivity contribution in [2.45, 2.75) is 45.5 Å². The number of aliphatic hydroxyl groups excluding tert-OH is 1. The van der Waals surface area contributed by atoms with Gasteiger partial charge in [0, 0.05) is 32.0 Å². The Hall–Kier alpha value is -2.68. The van der Waals surface area contributed by atoms with E-state index in [1.165, 1.54) is 12.5 Å². The Bertz CT molecular complexity index is 844. The number of fused-ring (bicyclic) bond motifs is 1. The summed E-state index contributed by atoms with van der Waals surface area (Å²) in [6, 6.07) is 1.26. The minimum atomic E-state index is -0.610. The average molecular weight is 373 g/mol.